The molecule has 2 heterocycles. The Hall–Kier alpha value is -2.05. The van der Waals surface area contributed by atoms with Gasteiger partial charge in [0.25, 0.3) is 5.91 Å². The number of amides is 2. The maximum absolute atomic E-state index is 11.7. The molecule has 0 aromatic carbocycles. The first-order valence-corrected chi connectivity index (χ1v) is 5.18. The first kappa shape index (κ1) is 11.4. The molecule has 2 rings (SSSR count). The minimum Gasteiger partial charge on any atom is -0.296 e. The normalized spacial score (nSPS) is 22.5. The van der Waals surface area contributed by atoms with E-state index in [2.05, 4.69) is 25.6 Å². The fourth-order valence-corrected chi connectivity index (χ4v) is 1.25. The molecule has 0 aromatic rings. The van der Waals surface area contributed by atoms with Gasteiger partial charge in [0, 0.05) is 5.41 Å². The summed E-state index contributed by atoms with van der Waals surface area (Å²) in [7, 11) is 0. The highest BCUT2D eigenvalue weighted by atomic mass is 16.2. The van der Waals surface area contributed by atoms with Crippen molar-refractivity contribution in [1.82, 2.24) is 10.6 Å². The molecule has 0 saturated heterocycles. The highest BCUT2D eigenvalue weighted by molar-refractivity contribution is 6.46. The van der Waals surface area contributed by atoms with E-state index in [0.29, 0.717) is 0 Å². The lowest BCUT2D eigenvalue weighted by Crippen LogP contribution is -2.53. The molecular formula is C10H13N5O2. The van der Waals surface area contributed by atoms with Crippen LogP contribution in [0.4, 0.5) is 0 Å². The van der Waals surface area contributed by atoms with Crippen molar-refractivity contribution in [3.63, 3.8) is 0 Å². The molecule has 7 nitrogen and oxygen atoms in total. The van der Waals surface area contributed by atoms with E-state index in [0.717, 1.165) is 0 Å². The minimum atomic E-state index is -0.626. The van der Waals surface area contributed by atoms with Gasteiger partial charge in [0.15, 0.2) is 11.9 Å². The first-order valence-electron chi connectivity index (χ1n) is 5.18. The van der Waals surface area contributed by atoms with Crippen molar-refractivity contribution in [3.8, 4) is 0 Å². The van der Waals surface area contributed by atoms with Crippen molar-refractivity contribution in [2.24, 2.45) is 20.4 Å². The summed E-state index contributed by atoms with van der Waals surface area (Å²) in [4.78, 5) is 35.0. The smallest absolute Gasteiger partial charge is 0.276 e. The average Bonchev–Trinajstić information content (AvgIpc) is 2.64. The number of nitrogens with zero attached hydrogens (tertiary/aromatic N) is 3. The SMILES string of the molecule is CC(C)(C)C(=O)NC1=NC2N=CN=C2C(=O)N1. The second kappa shape index (κ2) is 3.76. The van der Waals surface area contributed by atoms with Crippen LogP contribution in [-0.4, -0.2) is 36.0 Å². The highest BCUT2D eigenvalue weighted by Gasteiger charge is 2.32. The standard InChI is InChI=1S/C10H13N5O2/c1-10(2,3)8(17)15-9-13-6-5(7(16)14-9)11-4-12-6/h4,6H,1-3H3,(H2,13,14,15,16,17). The molecule has 0 spiro atoms. The molecule has 0 aromatic heterocycles. The third-order valence-corrected chi connectivity index (χ3v) is 2.28. The van der Waals surface area contributed by atoms with Crippen LogP contribution in [0.5, 0.6) is 0 Å². The molecule has 2 amide bonds. The summed E-state index contributed by atoms with van der Waals surface area (Å²) in [5.41, 5.74) is -0.306. The molecule has 2 aliphatic heterocycles. The third-order valence-electron chi connectivity index (χ3n) is 2.28. The summed E-state index contributed by atoms with van der Waals surface area (Å²) in [5, 5.41) is 5.01. The predicted molar refractivity (Wildman–Crippen MR) is 62.9 cm³/mol. The van der Waals surface area contributed by atoms with Gasteiger partial charge >= 0.3 is 0 Å². The summed E-state index contributed by atoms with van der Waals surface area (Å²) in [6.07, 6.45) is 0.663. The van der Waals surface area contributed by atoms with E-state index >= 15 is 0 Å². The monoisotopic (exact) mass is 235 g/mol. The Morgan fingerprint density at radius 2 is 2.18 bits per heavy atom. The summed E-state index contributed by atoms with van der Waals surface area (Å²) >= 11 is 0. The number of hydrogen-bond donors (Lipinski definition) is 2. The number of fused-ring (bicyclic) bond motifs is 1. The summed E-state index contributed by atoms with van der Waals surface area (Å²) < 4.78 is 0. The molecule has 90 valence electrons. The summed E-state index contributed by atoms with van der Waals surface area (Å²) in [5.74, 6) is -0.483. The lowest BCUT2D eigenvalue weighted by atomic mass is 9.96. The number of carbonyl (C=O) groups is 2. The van der Waals surface area contributed by atoms with Crippen molar-refractivity contribution in [2.45, 2.75) is 26.9 Å². The number of carbonyl (C=O) groups excluding carboxylic acids is 2. The Labute approximate surface area is 98.1 Å². The molecule has 0 saturated carbocycles. The maximum Gasteiger partial charge on any atom is 0.276 e. The van der Waals surface area contributed by atoms with Gasteiger partial charge in [-0.2, -0.15) is 0 Å². The van der Waals surface area contributed by atoms with Crippen molar-refractivity contribution in [2.75, 3.05) is 0 Å². The second-order valence-corrected chi connectivity index (χ2v) is 4.79. The molecule has 1 unspecified atom stereocenters. The zero-order valence-corrected chi connectivity index (χ0v) is 9.81. The minimum absolute atomic E-state index is 0.123. The van der Waals surface area contributed by atoms with Gasteiger partial charge in [-0.15, -0.1) is 0 Å². The fraction of sp³-hybridized carbons (Fsp3) is 0.500. The van der Waals surface area contributed by atoms with E-state index in [-0.39, 0.29) is 23.5 Å². The van der Waals surface area contributed by atoms with Crippen LogP contribution in [0.25, 0.3) is 0 Å². The summed E-state index contributed by atoms with van der Waals surface area (Å²) in [6.45, 7) is 5.32. The van der Waals surface area contributed by atoms with Gasteiger partial charge in [-0.05, 0) is 0 Å². The Balaban J connectivity index is 2.14. The van der Waals surface area contributed by atoms with Crippen LogP contribution in [0.2, 0.25) is 0 Å². The first-order chi connectivity index (χ1) is 7.88. The van der Waals surface area contributed by atoms with Crippen molar-refractivity contribution in [1.29, 1.82) is 0 Å². The lowest BCUT2D eigenvalue weighted by Gasteiger charge is -2.22. The Morgan fingerprint density at radius 1 is 1.47 bits per heavy atom. The zero-order valence-electron chi connectivity index (χ0n) is 9.81. The quantitative estimate of drug-likeness (QED) is 0.589. The Bertz CT molecular complexity index is 470. The van der Waals surface area contributed by atoms with Crippen molar-refractivity contribution in [3.05, 3.63) is 0 Å². The van der Waals surface area contributed by atoms with Crippen molar-refractivity contribution >= 4 is 29.8 Å². The van der Waals surface area contributed by atoms with Gasteiger partial charge in [0.05, 0.1) is 0 Å². The fourth-order valence-electron chi connectivity index (χ4n) is 1.25. The molecule has 0 bridgehead atoms. The number of rotatable bonds is 0. The molecule has 0 aliphatic carbocycles. The van der Waals surface area contributed by atoms with Gasteiger partial charge in [0.1, 0.15) is 6.34 Å². The molecule has 0 radical (unpaired) electrons. The maximum atomic E-state index is 11.7. The number of guanidine groups is 1. The molecule has 7 heteroatoms. The largest absolute Gasteiger partial charge is 0.296 e. The topological polar surface area (TPSA) is 95.3 Å². The van der Waals surface area contributed by atoms with E-state index in [1.165, 1.54) is 6.34 Å². The van der Waals surface area contributed by atoms with Gasteiger partial charge in [-0.3, -0.25) is 20.2 Å². The predicted octanol–water partition coefficient (Wildman–Crippen LogP) is -0.556. The van der Waals surface area contributed by atoms with Crippen LogP contribution < -0.4 is 10.6 Å². The van der Waals surface area contributed by atoms with Crippen LogP contribution in [0.1, 0.15) is 20.8 Å². The Morgan fingerprint density at radius 3 is 2.82 bits per heavy atom. The van der Waals surface area contributed by atoms with E-state index in [4.69, 9.17) is 0 Å². The van der Waals surface area contributed by atoms with Gasteiger partial charge in [0.2, 0.25) is 11.9 Å². The zero-order chi connectivity index (χ0) is 12.6. The number of hydrogen-bond acceptors (Lipinski definition) is 5. The van der Waals surface area contributed by atoms with Crippen molar-refractivity contribution < 1.29 is 9.59 Å². The molecule has 2 aliphatic rings. The third kappa shape index (κ3) is 2.22. The Kier molecular flexibility index (Phi) is 2.53. The van der Waals surface area contributed by atoms with Crippen LogP contribution in [0, 0.1) is 5.41 Å². The van der Waals surface area contributed by atoms with Gasteiger partial charge in [-0.1, -0.05) is 20.8 Å². The average molecular weight is 235 g/mol. The summed E-state index contributed by atoms with van der Waals surface area (Å²) in [6, 6.07) is 0. The molecule has 2 N–H and O–H groups in total. The highest BCUT2D eigenvalue weighted by Crippen LogP contribution is 2.13. The molecule has 17 heavy (non-hydrogen) atoms. The van der Waals surface area contributed by atoms with Gasteiger partial charge in [-0.25, -0.2) is 15.0 Å². The van der Waals surface area contributed by atoms with Crippen LogP contribution >= 0.6 is 0 Å². The number of aliphatic imine (C=N–C) groups is 3. The molecule has 1 atom stereocenters. The van der Waals surface area contributed by atoms with E-state index < -0.39 is 11.6 Å². The van der Waals surface area contributed by atoms with Crippen LogP contribution in [0.3, 0.4) is 0 Å². The molecular weight excluding hydrogens is 222 g/mol. The van der Waals surface area contributed by atoms with Crippen LogP contribution in [-0.2, 0) is 9.59 Å². The number of nitrogens with one attached hydrogen (secondary N) is 2. The second-order valence-electron chi connectivity index (χ2n) is 4.79. The van der Waals surface area contributed by atoms with E-state index in [9.17, 15) is 9.59 Å². The van der Waals surface area contributed by atoms with E-state index in [1.54, 1.807) is 20.8 Å². The van der Waals surface area contributed by atoms with E-state index in [1.807, 2.05) is 0 Å². The molecule has 0 fully saturated rings. The van der Waals surface area contributed by atoms with Crippen LogP contribution in [0.15, 0.2) is 15.0 Å². The van der Waals surface area contributed by atoms with Gasteiger partial charge < -0.3 is 0 Å². The lowest BCUT2D eigenvalue weighted by molar-refractivity contribution is -0.127.